The number of carbonyl (C=O) groups is 1. The van der Waals surface area contributed by atoms with Gasteiger partial charge in [-0.25, -0.2) is 4.39 Å². The van der Waals surface area contributed by atoms with E-state index in [1.807, 2.05) is 36.5 Å². The summed E-state index contributed by atoms with van der Waals surface area (Å²) in [5.41, 5.74) is 5.06. The van der Waals surface area contributed by atoms with Crippen LogP contribution in [-0.4, -0.2) is 74.9 Å². The highest BCUT2D eigenvalue weighted by atomic mass is 19.1. The molecule has 2 aliphatic heterocycles. The molecule has 47 heavy (non-hydrogen) atoms. The molecule has 2 aromatic carbocycles. The lowest BCUT2D eigenvalue weighted by molar-refractivity contribution is -0.114. The van der Waals surface area contributed by atoms with Crippen molar-refractivity contribution in [3.05, 3.63) is 84.5 Å². The fourth-order valence-corrected chi connectivity index (χ4v) is 6.47. The maximum absolute atomic E-state index is 13.3. The summed E-state index contributed by atoms with van der Waals surface area (Å²) < 4.78 is 21.4. The number of aromatic nitrogens is 5. The van der Waals surface area contributed by atoms with Gasteiger partial charge in [0.15, 0.2) is 11.5 Å². The largest absolute Gasteiger partial charge is 0.356 e. The van der Waals surface area contributed by atoms with E-state index in [9.17, 15) is 9.18 Å². The van der Waals surface area contributed by atoms with Crippen molar-refractivity contribution in [1.29, 1.82) is 0 Å². The highest BCUT2D eigenvalue weighted by Crippen LogP contribution is 2.32. The number of pyridine rings is 1. The minimum Gasteiger partial charge on any atom is -0.356 e. The second-order valence-corrected chi connectivity index (χ2v) is 12.7. The quantitative estimate of drug-likeness (QED) is 0.210. The molecule has 0 bridgehead atoms. The SMILES string of the molecule is C=C(F)C(=O)Nc1ccc2c(-c3ccccc3CNc3nc(N4CO[C@H]5CN(C)CC[C@@H]5C4)nc4c(C(C)C)cnn34)nccc2c1. The number of rotatable bonds is 8. The van der Waals surface area contributed by atoms with Crippen molar-refractivity contribution in [1.82, 2.24) is 29.5 Å². The van der Waals surface area contributed by atoms with Gasteiger partial charge in [-0.2, -0.15) is 19.6 Å². The zero-order valence-electron chi connectivity index (χ0n) is 26.8. The van der Waals surface area contributed by atoms with Gasteiger partial charge in [0.25, 0.3) is 5.91 Å². The van der Waals surface area contributed by atoms with E-state index < -0.39 is 11.7 Å². The molecule has 2 N–H and O–H groups in total. The van der Waals surface area contributed by atoms with E-state index in [2.05, 4.69) is 59.1 Å². The highest BCUT2D eigenvalue weighted by Gasteiger charge is 2.35. The van der Waals surface area contributed by atoms with E-state index in [-0.39, 0.29) is 12.0 Å². The number of likely N-dealkylation sites (tertiary alicyclic amines) is 1. The number of halogens is 1. The van der Waals surface area contributed by atoms with E-state index in [0.717, 1.165) is 64.9 Å². The Bertz CT molecular complexity index is 1980. The summed E-state index contributed by atoms with van der Waals surface area (Å²) in [4.78, 5) is 31.0. The van der Waals surface area contributed by atoms with Crippen molar-refractivity contribution >= 4 is 39.9 Å². The van der Waals surface area contributed by atoms with Crippen molar-refractivity contribution in [3.63, 3.8) is 0 Å². The number of carbonyl (C=O) groups excluding carboxylic acids is 1. The Morgan fingerprint density at radius 3 is 2.83 bits per heavy atom. The number of nitrogens with zero attached hydrogens (tertiary/aromatic N) is 7. The van der Waals surface area contributed by atoms with Crippen LogP contribution in [0.4, 0.5) is 22.0 Å². The van der Waals surface area contributed by atoms with E-state index in [0.29, 0.717) is 36.8 Å². The fourth-order valence-electron chi connectivity index (χ4n) is 6.47. The third kappa shape index (κ3) is 6.13. The van der Waals surface area contributed by atoms with Crippen LogP contribution in [0.2, 0.25) is 0 Å². The zero-order chi connectivity index (χ0) is 32.7. The molecule has 1 amide bonds. The topological polar surface area (TPSA) is 113 Å². The molecule has 0 saturated carbocycles. The average molecular weight is 636 g/mol. The van der Waals surface area contributed by atoms with Gasteiger partial charge in [0.05, 0.1) is 18.0 Å². The Balaban J connectivity index is 1.19. The molecule has 0 aliphatic carbocycles. The van der Waals surface area contributed by atoms with E-state index >= 15 is 0 Å². The molecular weight excluding hydrogens is 597 g/mol. The van der Waals surface area contributed by atoms with Crippen LogP contribution in [0.15, 0.2) is 73.3 Å². The third-order valence-electron chi connectivity index (χ3n) is 9.06. The summed E-state index contributed by atoms with van der Waals surface area (Å²) in [7, 11) is 2.15. The first-order chi connectivity index (χ1) is 22.7. The molecule has 11 nitrogen and oxygen atoms in total. The molecule has 0 unspecified atom stereocenters. The first kappa shape index (κ1) is 30.7. The lowest BCUT2D eigenvalue weighted by atomic mass is 9.92. The van der Waals surface area contributed by atoms with Crippen LogP contribution in [-0.2, 0) is 16.1 Å². The van der Waals surface area contributed by atoms with E-state index in [1.54, 1.807) is 22.8 Å². The number of fused-ring (bicyclic) bond motifs is 3. The lowest BCUT2D eigenvalue weighted by Crippen LogP contribution is -2.53. The molecule has 5 aromatic rings. The highest BCUT2D eigenvalue weighted by molar-refractivity contribution is 6.04. The maximum Gasteiger partial charge on any atom is 0.283 e. The molecule has 0 radical (unpaired) electrons. The van der Waals surface area contributed by atoms with Gasteiger partial charge >= 0.3 is 0 Å². The van der Waals surface area contributed by atoms with Crippen molar-refractivity contribution in [3.8, 4) is 11.3 Å². The lowest BCUT2D eigenvalue weighted by Gasteiger charge is -2.43. The minimum atomic E-state index is -1.04. The van der Waals surface area contributed by atoms with Crippen molar-refractivity contribution < 1.29 is 13.9 Å². The standard InChI is InChI=1S/C35H38FN9O2/c1-21(2)29-17-39-45-32(29)41-35(44-18-25-12-14-43(4)19-30(25)47-20-44)42-34(45)38-16-24-7-5-6-8-27(24)31-28-10-9-26(40-33(46)22(3)36)15-23(28)11-13-37-31/h5-11,13,15,17,21,25,30H,3,12,14,16,18-20H2,1-2,4H3,(H,40,46)(H,38,41,42)/t25-,30+/m1/s1. The summed E-state index contributed by atoms with van der Waals surface area (Å²) in [5, 5.41) is 12.5. The van der Waals surface area contributed by atoms with Gasteiger partial charge in [-0.1, -0.05) is 50.8 Å². The Morgan fingerprint density at radius 2 is 2.00 bits per heavy atom. The van der Waals surface area contributed by atoms with Crippen LogP contribution in [0.25, 0.3) is 27.7 Å². The van der Waals surface area contributed by atoms with Crippen LogP contribution in [0, 0.1) is 5.92 Å². The van der Waals surface area contributed by atoms with Crippen LogP contribution in [0.5, 0.6) is 0 Å². The summed E-state index contributed by atoms with van der Waals surface area (Å²) >= 11 is 0. The number of benzene rings is 2. The van der Waals surface area contributed by atoms with Crippen LogP contribution < -0.4 is 15.5 Å². The van der Waals surface area contributed by atoms with Gasteiger partial charge in [0, 0.05) is 53.9 Å². The fraction of sp³-hybridized carbons (Fsp3) is 0.343. The third-order valence-corrected chi connectivity index (χ3v) is 9.06. The summed E-state index contributed by atoms with van der Waals surface area (Å²) in [6.45, 7) is 11.1. The first-order valence-corrected chi connectivity index (χ1v) is 15.9. The summed E-state index contributed by atoms with van der Waals surface area (Å²) in [5.74, 6) is -0.0155. The molecule has 2 saturated heterocycles. The number of hydrogen-bond donors (Lipinski definition) is 2. The Morgan fingerprint density at radius 1 is 1.15 bits per heavy atom. The number of ether oxygens (including phenoxy) is 1. The number of amides is 1. The second-order valence-electron chi connectivity index (χ2n) is 12.7. The molecule has 2 atom stereocenters. The van der Waals surface area contributed by atoms with Crippen LogP contribution in [0.3, 0.4) is 0 Å². The van der Waals surface area contributed by atoms with Crippen molar-refractivity contribution in [2.75, 3.05) is 48.9 Å². The molecule has 0 spiro atoms. The van der Waals surface area contributed by atoms with Gasteiger partial charge in [-0.15, -0.1) is 0 Å². The second kappa shape index (κ2) is 12.7. The molecular formula is C35H38FN9O2. The minimum absolute atomic E-state index is 0.229. The Kier molecular flexibility index (Phi) is 8.29. The normalized spacial score (nSPS) is 18.4. The number of likely N-dealkylation sites (N-methyl/N-ethyl adjacent to an activating group) is 1. The average Bonchev–Trinajstić information content (AvgIpc) is 3.51. The molecule has 2 aliphatic rings. The maximum atomic E-state index is 13.3. The van der Waals surface area contributed by atoms with Gasteiger partial charge in [-0.3, -0.25) is 9.78 Å². The van der Waals surface area contributed by atoms with E-state index in [1.165, 1.54) is 0 Å². The molecule has 2 fully saturated rings. The predicted molar refractivity (Wildman–Crippen MR) is 181 cm³/mol. The Labute approximate surface area is 272 Å². The molecule has 3 aromatic heterocycles. The molecule has 12 heteroatoms. The molecule has 7 rings (SSSR count). The number of hydrogen-bond acceptors (Lipinski definition) is 9. The number of nitrogens with one attached hydrogen (secondary N) is 2. The van der Waals surface area contributed by atoms with Gasteiger partial charge < -0.3 is 25.2 Å². The van der Waals surface area contributed by atoms with E-state index in [4.69, 9.17) is 19.7 Å². The van der Waals surface area contributed by atoms with Gasteiger partial charge in [0.1, 0.15) is 6.73 Å². The van der Waals surface area contributed by atoms with Crippen LogP contribution >= 0.6 is 0 Å². The predicted octanol–water partition coefficient (Wildman–Crippen LogP) is 5.61. The molecule has 242 valence electrons. The van der Waals surface area contributed by atoms with Crippen molar-refractivity contribution in [2.45, 2.75) is 38.8 Å². The van der Waals surface area contributed by atoms with Crippen molar-refractivity contribution in [2.24, 2.45) is 5.92 Å². The van der Waals surface area contributed by atoms with Gasteiger partial charge in [0.2, 0.25) is 11.9 Å². The smallest absolute Gasteiger partial charge is 0.283 e. The summed E-state index contributed by atoms with van der Waals surface area (Å²) in [6, 6.07) is 15.3. The number of anilines is 3. The zero-order valence-corrected chi connectivity index (χ0v) is 26.8. The Hall–Kier alpha value is -4.94. The monoisotopic (exact) mass is 635 g/mol. The summed E-state index contributed by atoms with van der Waals surface area (Å²) in [6.07, 6.45) is 4.91. The first-order valence-electron chi connectivity index (χ1n) is 15.9. The number of piperidine rings is 1. The van der Waals surface area contributed by atoms with Gasteiger partial charge in [-0.05, 0) is 55.1 Å². The molecule has 5 heterocycles. The van der Waals surface area contributed by atoms with Crippen LogP contribution in [0.1, 0.15) is 37.3 Å².